The summed E-state index contributed by atoms with van der Waals surface area (Å²) in [6.07, 6.45) is 0.788. The molecule has 2 aliphatic rings. The molecule has 148 valence electrons. The van der Waals surface area contributed by atoms with Crippen LogP contribution in [0.15, 0.2) is 54.6 Å². The summed E-state index contributed by atoms with van der Waals surface area (Å²) in [5.74, 6) is 0.678. The third kappa shape index (κ3) is 3.77. The maximum absolute atomic E-state index is 13.0. The monoisotopic (exact) mass is 400 g/mol. The molecule has 2 fully saturated rings. The fraction of sp³-hybridized carbons (Fsp3) is 0.381. The summed E-state index contributed by atoms with van der Waals surface area (Å²) in [4.78, 5) is 16.7. The first-order chi connectivity index (χ1) is 13.5. The maximum atomic E-state index is 13.0. The highest BCUT2D eigenvalue weighted by molar-refractivity contribution is 7.91. The number of anilines is 1. The molecule has 2 aromatic rings. The van der Waals surface area contributed by atoms with Crippen LogP contribution in [0.25, 0.3) is 0 Å². The molecular formula is C21H24N2O4S. The van der Waals surface area contributed by atoms with Gasteiger partial charge in [-0.1, -0.05) is 36.4 Å². The number of ether oxygens (including phenoxy) is 1. The van der Waals surface area contributed by atoms with Crippen LogP contribution >= 0.6 is 0 Å². The summed E-state index contributed by atoms with van der Waals surface area (Å²) in [5, 5.41) is 0. The van der Waals surface area contributed by atoms with Gasteiger partial charge in [-0.3, -0.25) is 9.69 Å². The Morgan fingerprint density at radius 2 is 1.79 bits per heavy atom. The van der Waals surface area contributed by atoms with Crippen molar-refractivity contribution in [2.75, 3.05) is 36.6 Å². The van der Waals surface area contributed by atoms with Gasteiger partial charge in [-0.25, -0.2) is 8.42 Å². The lowest BCUT2D eigenvalue weighted by Gasteiger charge is -2.43. The van der Waals surface area contributed by atoms with E-state index in [0.717, 1.165) is 6.42 Å². The van der Waals surface area contributed by atoms with Crippen LogP contribution in [0, 0.1) is 0 Å². The van der Waals surface area contributed by atoms with Crippen LogP contribution in [-0.4, -0.2) is 63.0 Å². The number of carbonyl (C=O) groups is 1. The average Bonchev–Trinajstić information content (AvgIpc) is 3.01. The minimum atomic E-state index is -3.19. The molecule has 0 spiro atoms. The van der Waals surface area contributed by atoms with Crippen molar-refractivity contribution in [2.24, 2.45) is 0 Å². The van der Waals surface area contributed by atoms with Crippen LogP contribution in [0.2, 0.25) is 0 Å². The fourth-order valence-electron chi connectivity index (χ4n) is 4.22. The molecule has 0 radical (unpaired) electrons. The van der Waals surface area contributed by atoms with Gasteiger partial charge in [0.1, 0.15) is 5.75 Å². The summed E-state index contributed by atoms with van der Waals surface area (Å²) in [6.45, 7) is 0.888. The first kappa shape index (κ1) is 19.0. The molecule has 6 nitrogen and oxygen atoms in total. The minimum Gasteiger partial charge on any atom is -0.497 e. The van der Waals surface area contributed by atoms with Crippen molar-refractivity contribution in [3.63, 3.8) is 0 Å². The predicted molar refractivity (Wildman–Crippen MR) is 108 cm³/mol. The van der Waals surface area contributed by atoms with Crippen molar-refractivity contribution in [1.29, 1.82) is 0 Å². The van der Waals surface area contributed by atoms with Crippen molar-refractivity contribution in [3.8, 4) is 5.75 Å². The van der Waals surface area contributed by atoms with E-state index in [1.807, 2.05) is 41.3 Å². The molecule has 7 heteroatoms. The van der Waals surface area contributed by atoms with Crippen molar-refractivity contribution in [1.82, 2.24) is 4.90 Å². The summed E-state index contributed by atoms with van der Waals surface area (Å²) in [6, 6.07) is 16.8. The van der Waals surface area contributed by atoms with Crippen LogP contribution in [-0.2, 0) is 21.1 Å². The van der Waals surface area contributed by atoms with E-state index in [0.29, 0.717) is 18.0 Å². The summed E-state index contributed by atoms with van der Waals surface area (Å²) in [5.41, 5.74) is 1.88. The Balaban J connectivity index is 1.60. The molecule has 1 amide bonds. The number of sulfone groups is 1. The van der Waals surface area contributed by atoms with E-state index in [2.05, 4.69) is 12.1 Å². The summed E-state index contributed by atoms with van der Waals surface area (Å²) >= 11 is 0. The molecule has 0 unspecified atom stereocenters. The number of carbonyl (C=O) groups excluding carboxylic acids is 1. The van der Waals surface area contributed by atoms with Gasteiger partial charge in [-0.15, -0.1) is 0 Å². The Morgan fingerprint density at radius 1 is 1.04 bits per heavy atom. The molecule has 0 saturated carbocycles. The third-order valence-electron chi connectivity index (χ3n) is 5.56. The van der Waals surface area contributed by atoms with E-state index in [1.54, 1.807) is 18.1 Å². The van der Waals surface area contributed by atoms with Gasteiger partial charge in [0.05, 0.1) is 31.2 Å². The number of methoxy groups -OCH3 is 1. The van der Waals surface area contributed by atoms with Crippen molar-refractivity contribution in [2.45, 2.75) is 18.5 Å². The van der Waals surface area contributed by atoms with Gasteiger partial charge in [0.25, 0.3) is 0 Å². The molecule has 2 aliphatic heterocycles. The van der Waals surface area contributed by atoms with Crippen LogP contribution in [0.4, 0.5) is 5.69 Å². The molecule has 0 bridgehead atoms. The number of nitrogens with zero attached hydrogens (tertiary/aromatic N) is 2. The van der Waals surface area contributed by atoms with E-state index in [1.165, 1.54) is 5.56 Å². The lowest BCUT2D eigenvalue weighted by molar-refractivity contribution is -0.123. The van der Waals surface area contributed by atoms with Gasteiger partial charge in [0.2, 0.25) is 5.91 Å². The number of amides is 1. The third-order valence-corrected chi connectivity index (χ3v) is 7.26. The molecule has 2 aromatic carbocycles. The SMILES string of the molecule is COc1cccc(N2C(=O)CN(CCc3ccccc3)[C@H]3CS(=O)(=O)C[C@H]32)c1. The van der Waals surface area contributed by atoms with E-state index in [9.17, 15) is 13.2 Å². The summed E-state index contributed by atoms with van der Waals surface area (Å²) in [7, 11) is -1.62. The predicted octanol–water partition coefficient (Wildman–Crippen LogP) is 1.75. The highest BCUT2D eigenvalue weighted by Crippen LogP contribution is 2.33. The molecule has 2 heterocycles. The molecular weight excluding hydrogens is 376 g/mol. The molecule has 2 atom stereocenters. The highest BCUT2D eigenvalue weighted by Gasteiger charge is 2.49. The second-order valence-corrected chi connectivity index (χ2v) is 9.54. The van der Waals surface area contributed by atoms with Gasteiger partial charge in [-0.05, 0) is 24.1 Å². The Bertz CT molecular complexity index is 961. The van der Waals surface area contributed by atoms with Crippen LogP contribution in [0.1, 0.15) is 5.56 Å². The number of rotatable bonds is 5. The van der Waals surface area contributed by atoms with Crippen molar-refractivity contribution in [3.05, 3.63) is 60.2 Å². The number of hydrogen-bond acceptors (Lipinski definition) is 5. The molecule has 28 heavy (non-hydrogen) atoms. The highest BCUT2D eigenvalue weighted by atomic mass is 32.2. The standard InChI is InChI=1S/C21H24N2O4S/c1-27-18-9-5-8-17(12-18)23-20-15-28(25,26)14-19(20)22(13-21(23)24)11-10-16-6-3-2-4-7-16/h2-9,12,19-20H,10-11,13-15H2,1H3/t19-,20+/m0/s1. The zero-order chi connectivity index (χ0) is 19.7. The first-order valence-electron chi connectivity index (χ1n) is 9.41. The van der Waals surface area contributed by atoms with Crippen LogP contribution in [0.5, 0.6) is 5.75 Å². The first-order valence-corrected chi connectivity index (χ1v) is 11.2. The van der Waals surface area contributed by atoms with E-state index in [-0.39, 0.29) is 36.0 Å². The Kier molecular flexibility index (Phi) is 5.12. The minimum absolute atomic E-state index is 0.00243. The quantitative estimate of drug-likeness (QED) is 0.765. The van der Waals surface area contributed by atoms with Crippen molar-refractivity contribution < 1.29 is 17.9 Å². The van der Waals surface area contributed by atoms with E-state index >= 15 is 0 Å². The van der Waals surface area contributed by atoms with Gasteiger partial charge < -0.3 is 9.64 Å². The second kappa shape index (κ2) is 7.56. The largest absolute Gasteiger partial charge is 0.497 e. The van der Waals surface area contributed by atoms with Crippen molar-refractivity contribution >= 4 is 21.4 Å². The maximum Gasteiger partial charge on any atom is 0.241 e. The van der Waals surface area contributed by atoms with Crippen LogP contribution < -0.4 is 9.64 Å². The second-order valence-electron chi connectivity index (χ2n) is 7.38. The molecule has 0 aliphatic carbocycles. The molecule has 2 saturated heterocycles. The lowest BCUT2D eigenvalue weighted by Crippen LogP contribution is -2.62. The fourth-order valence-corrected chi connectivity index (χ4v) is 6.20. The zero-order valence-electron chi connectivity index (χ0n) is 15.8. The average molecular weight is 401 g/mol. The molecule has 0 N–H and O–H groups in total. The Labute approximate surface area is 165 Å². The number of fused-ring (bicyclic) bond motifs is 1. The normalized spacial score (nSPS) is 24.2. The van der Waals surface area contributed by atoms with E-state index < -0.39 is 9.84 Å². The van der Waals surface area contributed by atoms with Gasteiger partial charge in [0, 0.05) is 24.3 Å². The Morgan fingerprint density at radius 3 is 2.54 bits per heavy atom. The topological polar surface area (TPSA) is 66.9 Å². The molecule has 0 aromatic heterocycles. The van der Waals surface area contributed by atoms with Gasteiger partial charge in [0.15, 0.2) is 9.84 Å². The number of hydrogen-bond donors (Lipinski definition) is 0. The number of piperazine rings is 1. The number of benzene rings is 2. The van der Waals surface area contributed by atoms with Gasteiger partial charge >= 0.3 is 0 Å². The lowest BCUT2D eigenvalue weighted by atomic mass is 10.0. The zero-order valence-corrected chi connectivity index (χ0v) is 16.6. The van der Waals surface area contributed by atoms with Crippen LogP contribution in [0.3, 0.4) is 0 Å². The smallest absolute Gasteiger partial charge is 0.241 e. The summed E-state index contributed by atoms with van der Waals surface area (Å²) < 4.78 is 30.1. The molecule has 4 rings (SSSR count). The van der Waals surface area contributed by atoms with E-state index in [4.69, 9.17) is 4.74 Å². The van der Waals surface area contributed by atoms with Gasteiger partial charge in [-0.2, -0.15) is 0 Å². The Hall–Kier alpha value is -2.38.